The third-order valence-corrected chi connectivity index (χ3v) is 3.77. The molecule has 0 unspecified atom stereocenters. The van der Waals surface area contributed by atoms with Crippen LogP contribution in [0.25, 0.3) is 0 Å². The van der Waals surface area contributed by atoms with Crippen molar-refractivity contribution in [3.05, 3.63) is 76.7 Å². The number of carbonyl (C=O) groups is 1. The summed E-state index contributed by atoms with van der Waals surface area (Å²) in [5, 5.41) is 4.44. The molecule has 0 aliphatic heterocycles. The normalized spacial score (nSPS) is 11.7. The van der Waals surface area contributed by atoms with Crippen LogP contribution in [0.15, 0.2) is 65.7 Å². The Morgan fingerprint density at radius 2 is 1.89 bits per heavy atom. The van der Waals surface area contributed by atoms with Gasteiger partial charge in [0.05, 0.1) is 25.0 Å². The highest BCUT2D eigenvalue weighted by molar-refractivity contribution is 6.32. The van der Waals surface area contributed by atoms with Crippen molar-refractivity contribution in [1.82, 2.24) is 0 Å². The van der Waals surface area contributed by atoms with Gasteiger partial charge in [-0.05, 0) is 24.6 Å². The molecule has 0 atom stereocenters. The number of methoxy groups -OCH3 is 2. The standard InChI is InChI=1S/C20H20ClNO5/c1-14(22-26-12-15-7-5-4-6-8-15)16-9-10-17(21)18(11-16)27-19(13-24-2)20(23)25-3/h4-11,13H,12H2,1-3H3. The molecular formula is C20H20ClNO5. The molecule has 0 bridgehead atoms. The molecule has 0 spiro atoms. The van der Waals surface area contributed by atoms with Gasteiger partial charge >= 0.3 is 5.97 Å². The average Bonchev–Trinajstić information content (AvgIpc) is 2.69. The van der Waals surface area contributed by atoms with E-state index in [9.17, 15) is 4.79 Å². The summed E-state index contributed by atoms with van der Waals surface area (Å²) in [6, 6.07) is 14.8. The Morgan fingerprint density at radius 1 is 1.15 bits per heavy atom. The third-order valence-electron chi connectivity index (χ3n) is 3.46. The van der Waals surface area contributed by atoms with Crippen LogP contribution in [0.2, 0.25) is 5.02 Å². The second-order valence-corrected chi connectivity index (χ2v) is 5.80. The van der Waals surface area contributed by atoms with Gasteiger partial charge in [-0.3, -0.25) is 0 Å². The molecule has 0 radical (unpaired) electrons. The number of hydrogen-bond acceptors (Lipinski definition) is 6. The number of halogens is 1. The number of benzene rings is 2. The molecule has 2 rings (SSSR count). The predicted molar refractivity (Wildman–Crippen MR) is 103 cm³/mol. The van der Waals surface area contributed by atoms with Gasteiger partial charge in [-0.25, -0.2) is 4.79 Å². The van der Waals surface area contributed by atoms with Crippen molar-refractivity contribution in [3.63, 3.8) is 0 Å². The van der Waals surface area contributed by atoms with Crippen LogP contribution in [0.1, 0.15) is 18.1 Å². The number of ether oxygens (including phenoxy) is 3. The lowest BCUT2D eigenvalue weighted by Gasteiger charge is -2.11. The van der Waals surface area contributed by atoms with Gasteiger partial charge in [-0.2, -0.15) is 0 Å². The molecular weight excluding hydrogens is 370 g/mol. The van der Waals surface area contributed by atoms with E-state index in [-0.39, 0.29) is 11.5 Å². The van der Waals surface area contributed by atoms with Crippen LogP contribution in [-0.2, 0) is 25.7 Å². The largest absolute Gasteiger partial charge is 0.500 e. The monoisotopic (exact) mass is 389 g/mol. The Morgan fingerprint density at radius 3 is 2.56 bits per heavy atom. The number of nitrogens with zero attached hydrogens (tertiary/aromatic N) is 1. The van der Waals surface area contributed by atoms with Crippen molar-refractivity contribution in [3.8, 4) is 5.75 Å². The summed E-state index contributed by atoms with van der Waals surface area (Å²) in [6.07, 6.45) is 1.14. The van der Waals surface area contributed by atoms with Crippen LogP contribution in [-0.4, -0.2) is 25.9 Å². The van der Waals surface area contributed by atoms with Gasteiger partial charge in [-0.15, -0.1) is 0 Å². The van der Waals surface area contributed by atoms with Crippen molar-refractivity contribution in [2.75, 3.05) is 14.2 Å². The van der Waals surface area contributed by atoms with E-state index in [1.807, 2.05) is 30.3 Å². The van der Waals surface area contributed by atoms with E-state index in [0.717, 1.165) is 17.4 Å². The highest BCUT2D eigenvalue weighted by atomic mass is 35.5. The zero-order valence-corrected chi connectivity index (χ0v) is 16.0. The second kappa shape index (κ2) is 10.2. The summed E-state index contributed by atoms with van der Waals surface area (Å²) in [4.78, 5) is 17.1. The van der Waals surface area contributed by atoms with Crippen molar-refractivity contribution < 1.29 is 23.8 Å². The molecule has 142 valence electrons. The predicted octanol–water partition coefficient (Wildman–Crippen LogP) is 4.32. The number of esters is 1. The van der Waals surface area contributed by atoms with E-state index in [1.54, 1.807) is 25.1 Å². The minimum atomic E-state index is -0.685. The molecule has 6 nitrogen and oxygen atoms in total. The quantitative estimate of drug-likeness (QED) is 0.221. The Kier molecular flexibility index (Phi) is 7.70. The van der Waals surface area contributed by atoms with Gasteiger partial charge in [0, 0.05) is 5.56 Å². The molecule has 2 aromatic rings. The number of carbonyl (C=O) groups excluding carboxylic acids is 1. The van der Waals surface area contributed by atoms with Crippen molar-refractivity contribution >= 4 is 23.3 Å². The van der Waals surface area contributed by atoms with Gasteiger partial charge in [0.2, 0.25) is 5.76 Å². The minimum absolute atomic E-state index is 0.131. The van der Waals surface area contributed by atoms with E-state index in [2.05, 4.69) is 9.89 Å². The van der Waals surface area contributed by atoms with Crippen LogP contribution in [0.5, 0.6) is 5.75 Å². The molecule has 27 heavy (non-hydrogen) atoms. The van der Waals surface area contributed by atoms with Gasteiger partial charge in [0.15, 0.2) is 0 Å². The zero-order chi connectivity index (χ0) is 19.6. The van der Waals surface area contributed by atoms with Gasteiger partial charge in [0.25, 0.3) is 0 Å². The van der Waals surface area contributed by atoms with Crippen LogP contribution in [0.4, 0.5) is 0 Å². The fraction of sp³-hybridized carbons (Fsp3) is 0.200. The second-order valence-electron chi connectivity index (χ2n) is 5.39. The molecule has 0 saturated heterocycles. The van der Waals surface area contributed by atoms with Crippen molar-refractivity contribution in [2.24, 2.45) is 5.16 Å². The maximum absolute atomic E-state index is 11.7. The number of oxime groups is 1. The summed E-state index contributed by atoms with van der Waals surface area (Å²) in [6.45, 7) is 2.16. The Hall–Kier alpha value is -2.99. The Labute approximate surface area is 162 Å². The van der Waals surface area contributed by atoms with E-state index in [0.29, 0.717) is 17.3 Å². The van der Waals surface area contributed by atoms with Crippen LogP contribution < -0.4 is 4.74 Å². The van der Waals surface area contributed by atoms with E-state index < -0.39 is 5.97 Å². The van der Waals surface area contributed by atoms with Crippen LogP contribution >= 0.6 is 11.6 Å². The summed E-state index contributed by atoms with van der Waals surface area (Å²) in [5.74, 6) is -0.552. The summed E-state index contributed by atoms with van der Waals surface area (Å²) >= 11 is 6.16. The first kappa shape index (κ1) is 20.3. The molecule has 0 saturated carbocycles. The SMILES string of the molecule is COC=C(Oc1cc(C(C)=NOCc2ccccc2)ccc1Cl)C(=O)OC. The van der Waals surface area contributed by atoms with Gasteiger partial charge in [-0.1, -0.05) is 53.2 Å². The summed E-state index contributed by atoms with van der Waals surface area (Å²) in [5.41, 5.74) is 2.37. The molecule has 0 aromatic heterocycles. The first-order valence-electron chi connectivity index (χ1n) is 8.04. The first-order chi connectivity index (χ1) is 13.0. The summed E-state index contributed by atoms with van der Waals surface area (Å²) in [7, 11) is 2.64. The highest BCUT2D eigenvalue weighted by Crippen LogP contribution is 2.28. The fourth-order valence-electron chi connectivity index (χ4n) is 2.08. The molecule has 0 aliphatic carbocycles. The van der Waals surface area contributed by atoms with Crippen LogP contribution in [0.3, 0.4) is 0 Å². The van der Waals surface area contributed by atoms with Gasteiger partial charge in [0.1, 0.15) is 18.6 Å². The maximum atomic E-state index is 11.7. The number of hydrogen-bond donors (Lipinski definition) is 0. The smallest absolute Gasteiger partial charge is 0.377 e. The van der Waals surface area contributed by atoms with Crippen molar-refractivity contribution in [2.45, 2.75) is 13.5 Å². The number of rotatable bonds is 8. The first-order valence-corrected chi connectivity index (χ1v) is 8.42. The lowest BCUT2D eigenvalue weighted by Crippen LogP contribution is -2.11. The fourth-order valence-corrected chi connectivity index (χ4v) is 2.23. The lowest BCUT2D eigenvalue weighted by molar-refractivity contribution is -0.138. The molecule has 2 aromatic carbocycles. The Bertz CT molecular complexity index is 834. The van der Waals surface area contributed by atoms with Crippen LogP contribution in [0, 0.1) is 0 Å². The molecule has 0 fully saturated rings. The molecule has 7 heteroatoms. The van der Waals surface area contributed by atoms with E-state index >= 15 is 0 Å². The third kappa shape index (κ3) is 6.04. The lowest BCUT2D eigenvalue weighted by atomic mass is 10.1. The Balaban J connectivity index is 2.14. The van der Waals surface area contributed by atoms with E-state index in [4.69, 9.17) is 25.9 Å². The average molecular weight is 390 g/mol. The van der Waals surface area contributed by atoms with E-state index in [1.165, 1.54) is 14.2 Å². The summed E-state index contributed by atoms with van der Waals surface area (Å²) < 4.78 is 15.0. The van der Waals surface area contributed by atoms with Crippen molar-refractivity contribution in [1.29, 1.82) is 0 Å². The van der Waals surface area contributed by atoms with Gasteiger partial charge < -0.3 is 19.0 Å². The molecule has 0 heterocycles. The molecule has 0 amide bonds. The molecule has 0 N–H and O–H groups in total. The zero-order valence-electron chi connectivity index (χ0n) is 15.3. The minimum Gasteiger partial charge on any atom is -0.500 e. The molecule has 0 aliphatic rings. The maximum Gasteiger partial charge on any atom is 0.377 e. The highest BCUT2D eigenvalue weighted by Gasteiger charge is 2.16. The topological polar surface area (TPSA) is 66.3 Å².